The molecule has 0 spiro atoms. The highest BCUT2D eigenvalue weighted by Crippen LogP contribution is 2.41. The lowest BCUT2D eigenvalue weighted by atomic mass is 9.92. The van der Waals surface area contributed by atoms with Crippen molar-refractivity contribution in [3.8, 4) is 0 Å². The first-order valence-electron chi connectivity index (χ1n) is 8.94. The first kappa shape index (κ1) is 16.5. The van der Waals surface area contributed by atoms with Gasteiger partial charge < -0.3 is 9.88 Å². The molecule has 4 aromatic rings. The van der Waals surface area contributed by atoms with Crippen molar-refractivity contribution in [2.24, 2.45) is 0 Å². The van der Waals surface area contributed by atoms with Gasteiger partial charge in [0, 0.05) is 10.0 Å². The molecule has 3 aromatic carbocycles. The largest absolute Gasteiger partial charge is 0.349 e. The molecule has 0 saturated carbocycles. The summed E-state index contributed by atoms with van der Waals surface area (Å²) in [5, 5.41) is 3.56. The van der Waals surface area contributed by atoms with Gasteiger partial charge in [-0.25, -0.2) is 9.37 Å². The summed E-state index contributed by atoms with van der Waals surface area (Å²) >= 11 is 3.49. The van der Waals surface area contributed by atoms with Gasteiger partial charge in [0.15, 0.2) is 0 Å². The molecule has 1 N–H and O–H groups in total. The van der Waals surface area contributed by atoms with Gasteiger partial charge in [-0.1, -0.05) is 58.4 Å². The Morgan fingerprint density at radius 3 is 2.52 bits per heavy atom. The number of imidazole rings is 1. The molecule has 2 heterocycles. The highest BCUT2D eigenvalue weighted by Gasteiger charge is 2.32. The minimum Gasteiger partial charge on any atom is -0.349 e. The van der Waals surface area contributed by atoms with Crippen LogP contribution in [0.5, 0.6) is 0 Å². The van der Waals surface area contributed by atoms with E-state index in [0.717, 1.165) is 33.4 Å². The molecule has 2 atom stereocenters. The maximum atomic E-state index is 14.7. The smallest absolute Gasteiger partial charge is 0.204 e. The van der Waals surface area contributed by atoms with Crippen molar-refractivity contribution in [1.82, 2.24) is 9.55 Å². The topological polar surface area (TPSA) is 29.9 Å². The van der Waals surface area contributed by atoms with Gasteiger partial charge in [0.2, 0.25) is 5.95 Å². The summed E-state index contributed by atoms with van der Waals surface area (Å²) in [6.07, 6.45) is 0.746. The van der Waals surface area contributed by atoms with Crippen LogP contribution in [-0.2, 0) is 0 Å². The zero-order chi connectivity index (χ0) is 18.4. The molecule has 1 aliphatic heterocycles. The predicted octanol–water partition coefficient (Wildman–Crippen LogP) is 6.08. The van der Waals surface area contributed by atoms with Crippen LogP contribution in [0, 0.1) is 5.82 Å². The Bertz CT molecular complexity index is 1120. The summed E-state index contributed by atoms with van der Waals surface area (Å²) in [5.41, 5.74) is 3.80. The van der Waals surface area contributed by atoms with Gasteiger partial charge in [-0.3, -0.25) is 0 Å². The summed E-state index contributed by atoms with van der Waals surface area (Å²) in [7, 11) is 0. The van der Waals surface area contributed by atoms with Gasteiger partial charge in [-0.2, -0.15) is 0 Å². The number of fused-ring (bicyclic) bond motifs is 3. The Morgan fingerprint density at radius 1 is 0.963 bits per heavy atom. The van der Waals surface area contributed by atoms with E-state index >= 15 is 0 Å². The summed E-state index contributed by atoms with van der Waals surface area (Å²) in [6, 6.07) is 23.3. The standard InChI is InChI=1S/C22H17BrFN3/c23-15-11-9-14(10-12-15)19-13-21(16-5-1-2-6-17(16)24)27-20-8-4-3-7-18(20)25-22(27)26-19/h1-12,19,21H,13H2,(H,25,26)/t19-,21+/m0/s1. The quantitative estimate of drug-likeness (QED) is 0.424. The van der Waals surface area contributed by atoms with E-state index in [1.54, 1.807) is 6.07 Å². The minimum absolute atomic E-state index is 0.0621. The van der Waals surface area contributed by atoms with E-state index in [-0.39, 0.29) is 17.9 Å². The minimum atomic E-state index is -0.178. The van der Waals surface area contributed by atoms with E-state index in [1.807, 2.05) is 48.5 Å². The van der Waals surface area contributed by atoms with Crippen LogP contribution in [0.25, 0.3) is 11.0 Å². The van der Waals surface area contributed by atoms with Gasteiger partial charge >= 0.3 is 0 Å². The Labute approximate surface area is 165 Å². The van der Waals surface area contributed by atoms with Crippen molar-refractivity contribution in [2.45, 2.75) is 18.5 Å². The molecule has 0 aliphatic carbocycles. The first-order valence-corrected chi connectivity index (χ1v) is 9.73. The van der Waals surface area contributed by atoms with Crippen molar-refractivity contribution >= 4 is 32.9 Å². The molecule has 27 heavy (non-hydrogen) atoms. The number of nitrogens with one attached hydrogen (secondary N) is 1. The average Bonchev–Trinajstić information content (AvgIpc) is 3.07. The van der Waals surface area contributed by atoms with Crippen LogP contribution in [0.15, 0.2) is 77.3 Å². The first-order chi connectivity index (χ1) is 13.2. The molecule has 0 fully saturated rings. The Kier molecular flexibility index (Phi) is 3.97. The molecular formula is C22H17BrFN3. The molecule has 0 saturated heterocycles. The summed E-state index contributed by atoms with van der Waals surface area (Å²) in [4.78, 5) is 4.77. The van der Waals surface area contributed by atoms with E-state index in [4.69, 9.17) is 4.98 Å². The van der Waals surface area contributed by atoms with E-state index in [0.29, 0.717) is 5.56 Å². The van der Waals surface area contributed by atoms with Crippen molar-refractivity contribution < 1.29 is 4.39 Å². The van der Waals surface area contributed by atoms with E-state index in [2.05, 4.69) is 37.9 Å². The van der Waals surface area contributed by atoms with Crippen LogP contribution in [-0.4, -0.2) is 9.55 Å². The lowest BCUT2D eigenvalue weighted by Crippen LogP contribution is -2.27. The van der Waals surface area contributed by atoms with Gasteiger partial charge in [-0.15, -0.1) is 0 Å². The van der Waals surface area contributed by atoms with Crippen molar-refractivity contribution in [1.29, 1.82) is 0 Å². The molecule has 3 nitrogen and oxygen atoms in total. The van der Waals surface area contributed by atoms with Gasteiger partial charge in [0.25, 0.3) is 0 Å². The van der Waals surface area contributed by atoms with Crippen LogP contribution in [0.2, 0.25) is 0 Å². The monoisotopic (exact) mass is 421 g/mol. The zero-order valence-corrected chi connectivity index (χ0v) is 16.0. The van der Waals surface area contributed by atoms with Crippen LogP contribution >= 0.6 is 15.9 Å². The van der Waals surface area contributed by atoms with E-state index < -0.39 is 0 Å². The van der Waals surface area contributed by atoms with Crippen molar-refractivity contribution in [3.05, 3.63) is 94.2 Å². The molecule has 134 valence electrons. The Hall–Kier alpha value is -2.66. The van der Waals surface area contributed by atoms with Crippen LogP contribution in [0.3, 0.4) is 0 Å². The third-order valence-electron chi connectivity index (χ3n) is 5.21. The molecule has 0 bridgehead atoms. The molecule has 0 unspecified atom stereocenters. The number of nitrogens with zero attached hydrogens (tertiary/aromatic N) is 2. The lowest BCUT2D eigenvalue weighted by Gasteiger charge is -2.33. The summed E-state index contributed by atoms with van der Waals surface area (Å²) in [6.45, 7) is 0. The number of hydrogen-bond donors (Lipinski definition) is 1. The fraction of sp³-hybridized carbons (Fsp3) is 0.136. The summed E-state index contributed by atoms with van der Waals surface area (Å²) < 4.78 is 17.9. The number of rotatable bonds is 2. The highest BCUT2D eigenvalue weighted by atomic mass is 79.9. The molecule has 0 amide bonds. The van der Waals surface area contributed by atoms with Gasteiger partial charge in [0.05, 0.1) is 23.1 Å². The maximum Gasteiger partial charge on any atom is 0.204 e. The van der Waals surface area contributed by atoms with Crippen LogP contribution in [0.4, 0.5) is 10.3 Å². The normalized spacial score (nSPS) is 18.9. The molecule has 5 heteroatoms. The van der Waals surface area contributed by atoms with E-state index in [1.165, 1.54) is 6.07 Å². The van der Waals surface area contributed by atoms with Crippen LogP contribution < -0.4 is 5.32 Å². The van der Waals surface area contributed by atoms with Gasteiger partial charge in [0.1, 0.15) is 5.82 Å². The molecule has 5 rings (SSSR count). The number of aromatic nitrogens is 2. The maximum absolute atomic E-state index is 14.7. The Morgan fingerprint density at radius 2 is 1.70 bits per heavy atom. The highest BCUT2D eigenvalue weighted by molar-refractivity contribution is 9.10. The molecular weight excluding hydrogens is 405 g/mol. The predicted molar refractivity (Wildman–Crippen MR) is 109 cm³/mol. The average molecular weight is 422 g/mol. The van der Waals surface area contributed by atoms with Crippen LogP contribution in [0.1, 0.15) is 29.6 Å². The SMILES string of the molecule is Fc1ccccc1[C@H]1C[C@@H](c2ccc(Br)cc2)Nc2nc3ccccc3n21. The Balaban J connectivity index is 1.68. The number of benzene rings is 3. The number of anilines is 1. The molecule has 1 aliphatic rings. The van der Waals surface area contributed by atoms with Crippen molar-refractivity contribution in [3.63, 3.8) is 0 Å². The van der Waals surface area contributed by atoms with E-state index in [9.17, 15) is 4.39 Å². The number of para-hydroxylation sites is 2. The zero-order valence-electron chi connectivity index (χ0n) is 14.4. The van der Waals surface area contributed by atoms with Crippen molar-refractivity contribution in [2.75, 3.05) is 5.32 Å². The lowest BCUT2D eigenvalue weighted by molar-refractivity contribution is 0.457. The molecule has 1 aromatic heterocycles. The third-order valence-corrected chi connectivity index (χ3v) is 5.74. The number of halogens is 2. The summed E-state index contributed by atoms with van der Waals surface area (Å²) in [5.74, 6) is 0.603. The fourth-order valence-corrected chi connectivity index (χ4v) is 4.20. The number of hydrogen-bond acceptors (Lipinski definition) is 2. The fourth-order valence-electron chi connectivity index (χ4n) is 3.93. The second kappa shape index (κ2) is 6.50. The second-order valence-corrected chi connectivity index (χ2v) is 7.73. The van der Waals surface area contributed by atoms with Gasteiger partial charge in [-0.05, 0) is 42.3 Å². The second-order valence-electron chi connectivity index (χ2n) is 6.82. The molecule has 0 radical (unpaired) electrons. The third kappa shape index (κ3) is 2.82.